The summed E-state index contributed by atoms with van der Waals surface area (Å²) in [5, 5.41) is 7.55. The molecule has 0 aliphatic heterocycles. The van der Waals surface area contributed by atoms with Gasteiger partial charge in [0.25, 0.3) is 11.5 Å². The number of halogens is 1. The summed E-state index contributed by atoms with van der Waals surface area (Å²) in [6.07, 6.45) is 0. The molecule has 0 bridgehead atoms. The molecular weight excluding hydrogens is 338 g/mol. The standard InChI is InChI=1S/C19H16ClN3O2/c1-13-2-8-16(9-3-13)21-19(25)17-10-11-18(24)23(22-17)12-14-4-6-15(20)7-5-14/h2-11H,12H2,1H3,(H,21,25). The number of aromatic nitrogens is 2. The van der Waals surface area contributed by atoms with Gasteiger partial charge < -0.3 is 5.32 Å². The fraction of sp³-hybridized carbons (Fsp3) is 0.105. The lowest BCUT2D eigenvalue weighted by Gasteiger charge is -2.08. The predicted octanol–water partition coefficient (Wildman–Crippen LogP) is 3.51. The second kappa shape index (κ2) is 7.32. The van der Waals surface area contributed by atoms with Crippen LogP contribution in [0.15, 0.2) is 65.5 Å². The monoisotopic (exact) mass is 353 g/mol. The molecule has 3 rings (SSSR count). The first-order chi connectivity index (χ1) is 12.0. The molecule has 6 heteroatoms. The van der Waals surface area contributed by atoms with Gasteiger partial charge in [-0.25, -0.2) is 4.68 Å². The summed E-state index contributed by atoms with van der Waals surface area (Å²) >= 11 is 5.86. The number of carbonyl (C=O) groups excluding carboxylic acids is 1. The van der Waals surface area contributed by atoms with E-state index in [4.69, 9.17) is 11.6 Å². The number of hydrogen-bond donors (Lipinski definition) is 1. The largest absolute Gasteiger partial charge is 0.321 e. The van der Waals surface area contributed by atoms with Crippen molar-refractivity contribution in [3.05, 3.63) is 92.9 Å². The van der Waals surface area contributed by atoms with Crippen molar-refractivity contribution in [2.75, 3.05) is 5.32 Å². The average molecular weight is 354 g/mol. The molecule has 3 aromatic rings. The zero-order valence-electron chi connectivity index (χ0n) is 13.6. The van der Waals surface area contributed by atoms with E-state index in [0.29, 0.717) is 10.7 Å². The van der Waals surface area contributed by atoms with Gasteiger partial charge in [-0.1, -0.05) is 41.4 Å². The summed E-state index contributed by atoms with van der Waals surface area (Å²) < 4.78 is 1.26. The van der Waals surface area contributed by atoms with E-state index in [-0.39, 0.29) is 23.7 Å². The smallest absolute Gasteiger partial charge is 0.276 e. The Morgan fingerprint density at radius 1 is 1.04 bits per heavy atom. The van der Waals surface area contributed by atoms with Crippen LogP contribution in [0.2, 0.25) is 5.02 Å². The molecule has 2 aromatic carbocycles. The molecule has 0 fully saturated rings. The van der Waals surface area contributed by atoms with E-state index < -0.39 is 0 Å². The van der Waals surface area contributed by atoms with Crippen LogP contribution in [-0.4, -0.2) is 15.7 Å². The van der Waals surface area contributed by atoms with Crippen LogP contribution in [0.1, 0.15) is 21.6 Å². The van der Waals surface area contributed by atoms with Crippen LogP contribution in [0.25, 0.3) is 0 Å². The zero-order chi connectivity index (χ0) is 17.8. The van der Waals surface area contributed by atoms with E-state index in [2.05, 4.69) is 10.4 Å². The first-order valence-electron chi connectivity index (χ1n) is 7.72. The van der Waals surface area contributed by atoms with E-state index in [0.717, 1.165) is 11.1 Å². The number of carbonyl (C=O) groups is 1. The van der Waals surface area contributed by atoms with E-state index in [1.54, 1.807) is 12.1 Å². The normalized spacial score (nSPS) is 10.5. The summed E-state index contributed by atoms with van der Waals surface area (Å²) in [5.41, 5.74) is 2.55. The minimum absolute atomic E-state index is 0.175. The molecule has 25 heavy (non-hydrogen) atoms. The quantitative estimate of drug-likeness (QED) is 0.780. The van der Waals surface area contributed by atoms with Crippen molar-refractivity contribution in [3.63, 3.8) is 0 Å². The SMILES string of the molecule is Cc1ccc(NC(=O)c2ccc(=O)n(Cc3ccc(Cl)cc3)n2)cc1. The Hall–Kier alpha value is -2.92. The van der Waals surface area contributed by atoms with Gasteiger partial charge in [0.15, 0.2) is 0 Å². The summed E-state index contributed by atoms with van der Waals surface area (Å²) in [6, 6.07) is 17.3. The predicted molar refractivity (Wildman–Crippen MR) is 98.2 cm³/mol. The van der Waals surface area contributed by atoms with Gasteiger partial charge in [0.1, 0.15) is 5.69 Å². The Morgan fingerprint density at radius 2 is 1.72 bits per heavy atom. The van der Waals surface area contributed by atoms with Crippen molar-refractivity contribution in [2.45, 2.75) is 13.5 Å². The highest BCUT2D eigenvalue weighted by Crippen LogP contribution is 2.11. The minimum Gasteiger partial charge on any atom is -0.321 e. The topological polar surface area (TPSA) is 64.0 Å². The highest BCUT2D eigenvalue weighted by molar-refractivity contribution is 6.30. The third kappa shape index (κ3) is 4.33. The van der Waals surface area contributed by atoms with Gasteiger partial charge >= 0.3 is 0 Å². The lowest BCUT2D eigenvalue weighted by molar-refractivity contribution is 0.102. The minimum atomic E-state index is -0.367. The van der Waals surface area contributed by atoms with Crippen LogP contribution in [-0.2, 0) is 6.54 Å². The molecule has 0 radical (unpaired) electrons. The van der Waals surface area contributed by atoms with Crippen molar-refractivity contribution >= 4 is 23.2 Å². The Kier molecular flexibility index (Phi) is 4.95. The Balaban J connectivity index is 1.80. The molecule has 0 saturated heterocycles. The summed E-state index contributed by atoms with van der Waals surface area (Å²) in [6.45, 7) is 2.24. The zero-order valence-corrected chi connectivity index (χ0v) is 14.3. The number of hydrogen-bond acceptors (Lipinski definition) is 3. The van der Waals surface area contributed by atoms with E-state index in [1.807, 2.05) is 43.3 Å². The summed E-state index contributed by atoms with van der Waals surface area (Å²) in [5.74, 6) is -0.367. The first-order valence-corrected chi connectivity index (χ1v) is 8.10. The number of aryl methyl sites for hydroxylation is 1. The van der Waals surface area contributed by atoms with Gasteiger partial charge in [0, 0.05) is 16.8 Å². The Bertz CT molecular complexity index is 948. The number of benzene rings is 2. The van der Waals surface area contributed by atoms with Gasteiger partial charge in [-0.15, -0.1) is 0 Å². The Labute approximate surface area is 149 Å². The lowest BCUT2D eigenvalue weighted by atomic mass is 10.2. The molecule has 1 heterocycles. The molecule has 5 nitrogen and oxygen atoms in total. The maximum absolute atomic E-state index is 12.4. The number of rotatable bonds is 4. The van der Waals surface area contributed by atoms with Gasteiger partial charge in [-0.3, -0.25) is 9.59 Å². The molecule has 0 saturated carbocycles. The highest BCUT2D eigenvalue weighted by Gasteiger charge is 2.10. The van der Waals surface area contributed by atoms with Gasteiger partial charge in [-0.05, 0) is 42.8 Å². The fourth-order valence-electron chi connectivity index (χ4n) is 2.28. The molecule has 126 valence electrons. The van der Waals surface area contributed by atoms with Gasteiger partial charge in [0.2, 0.25) is 0 Å². The number of nitrogens with one attached hydrogen (secondary N) is 1. The summed E-state index contributed by atoms with van der Waals surface area (Å²) in [4.78, 5) is 24.4. The van der Waals surface area contributed by atoms with Crippen LogP contribution in [0.3, 0.4) is 0 Å². The van der Waals surface area contributed by atoms with Crippen molar-refractivity contribution in [1.82, 2.24) is 9.78 Å². The van der Waals surface area contributed by atoms with Crippen LogP contribution >= 0.6 is 11.6 Å². The molecule has 0 aliphatic rings. The van der Waals surface area contributed by atoms with E-state index in [1.165, 1.54) is 16.8 Å². The van der Waals surface area contributed by atoms with Crippen molar-refractivity contribution in [3.8, 4) is 0 Å². The molecule has 1 amide bonds. The maximum Gasteiger partial charge on any atom is 0.276 e. The van der Waals surface area contributed by atoms with Gasteiger partial charge in [0.05, 0.1) is 6.54 Å². The molecule has 0 unspecified atom stereocenters. The van der Waals surface area contributed by atoms with E-state index >= 15 is 0 Å². The van der Waals surface area contributed by atoms with Crippen LogP contribution in [0.5, 0.6) is 0 Å². The maximum atomic E-state index is 12.4. The molecule has 0 aliphatic carbocycles. The van der Waals surface area contributed by atoms with Crippen molar-refractivity contribution in [2.24, 2.45) is 0 Å². The van der Waals surface area contributed by atoms with Crippen molar-refractivity contribution < 1.29 is 4.79 Å². The fourth-order valence-corrected chi connectivity index (χ4v) is 2.40. The third-order valence-electron chi connectivity index (χ3n) is 3.65. The van der Waals surface area contributed by atoms with Crippen LogP contribution < -0.4 is 10.9 Å². The Morgan fingerprint density at radius 3 is 2.40 bits per heavy atom. The first kappa shape index (κ1) is 16.9. The summed E-state index contributed by atoms with van der Waals surface area (Å²) in [7, 11) is 0. The second-order valence-corrected chi connectivity index (χ2v) is 6.10. The van der Waals surface area contributed by atoms with Crippen molar-refractivity contribution in [1.29, 1.82) is 0 Å². The number of anilines is 1. The molecular formula is C19H16ClN3O2. The van der Waals surface area contributed by atoms with Gasteiger partial charge in [-0.2, -0.15) is 5.10 Å². The molecule has 0 spiro atoms. The molecule has 1 N–H and O–H groups in total. The third-order valence-corrected chi connectivity index (χ3v) is 3.91. The second-order valence-electron chi connectivity index (χ2n) is 5.66. The van der Waals surface area contributed by atoms with Crippen LogP contribution in [0.4, 0.5) is 5.69 Å². The average Bonchev–Trinajstić information content (AvgIpc) is 2.60. The molecule has 1 aromatic heterocycles. The molecule has 0 atom stereocenters. The lowest BCUT2D eigenvalue weighted by Crippen LogP contribution is -2.26. The number of nitrogens with zero attached hydrogens (tertiary/aromatic N) is 2. The highest BCUT2D eigenvalue weighted by atomic mass is 35.5. The number of amides is 1. The van der Waals surface area contributed by atoms with E-state index in [9.17, 15) is 9.59 Å². The van der Waals surface area contributed by atoms with Crippen LogP contribution in [0, 0.1) is 6.92 Å².